The van der Waals surface area contributed by atoms with Crippen molar-refractivity contribution in [3.8, 4) is 0 Å². The third-order valence-electron chi connectivity index (χ3n) is 5.25. The molecule has 0 spiro atoms. The van der Waals surface area contributed by atoms with Crippen molar-refractivity contribution >= 4 is 10.0 Å². The van der Waals surface area contributed by atoms with E-state index in [2.05, 4.69) is 29.0 Å². The molecule has 4 rings (SSSR count). The molecule has 22 heavy (non-hydrogen) atoms. The van der Waals surface area contributed by atoms with Gasteiger partial charge in [-0.05, 0) is 37.5 Å². The van der Waals surface area contributed by atoms with Crippen LogP contribution < -0.4 is 0 Å². The van der Waals surface area contributed by atoms with Crippen LogP contribution in [0.5, 0.6) is 0 Å². The molecule has 0 aromatic carbocycles. The molecular weight excluding hydrogens is 300 g/mol. The van der Waals surface area contributed by atoms with Crippen molar-refractivity contribution < 1.29 is 8.42 Å². The van der Waals surface area contributed by atoms with Crippen LogP contribution >= 0.6 is 0 Å². The van der Waals surface area contributed by atoms with Crippen LogP contribution in [0.25, 0.3) is 0 Å². The summed E-state index contributed by atoms with van der Waals surface area (Å²) in [4.78, 5) is 4.64. The van der Waals surface area contributed by atoms with Gasteiger partial charge in [0.1, 0.15) is 5.82 Å². The molecule has 1 N–H and O–H groups in total. The Kier molecular flexibility index (Phi) is 3.34. The second kappa shape index (κ2) is 5.03. The van der Waals surface area contributed by atoms with Gasteiger partial charge in [-0.1, -0.05) is 13.8 Å². The zero-order chi connectivity index (χ0) is 15.5. The molecular formula is C15H24N4O2S. The Morgan fingerprint density at radius 1 is 1.18 bits per heavy atom. The van der Waals surface area contributed by atoms with Crippen molar-refractivity contribution in [1.29, 1.82) is 0 Å². The van der Waals surface area contributed by atoms with Crippen molar-refractivity contribution in [2.75, 3.05) is 13.1 Å². The molecule has 1 aromatic heterocycles. The third kappa shape index (κ3) is 2.48. The second-order valence-electron chi connectivity index (χ2n) is 7.40. The van der Waals surface area contributed by atoms with Gasteiger partial charge in [-0.2, -0.15) is 5.10 Å². The Morgan fingerprint density at radius 3 is 2.45 bits per heavy atom. The molecule has 2 aliphatic carbocycles. The number of aromatic amines is 1. The molecule has 3 aliphatic rings. The maximum atomic E-state index is 12.6. The molecule has 3 fully saturated rings. The molecule has 0 amide bonds. The fourth-order valence-corrected chi connectivity index (χ4v) is 5.48. The lowest BCUT2D eigenvalue weighted by atomic mass is 9.91. The predicted octanol–water partition coefficient (Wildman–Crippen LogP) is 1.85. The predicted molar refractivity (Wildman–Crippen MR) is 82.9 cm³/mol. The van der Waals surface area contributed by atoms with Gasteiger partial charge in [-0.15, -0.1) is 0 Å². The summed E-state index contributed by atoms with van der Waals surface area (Å²) in [5, 5.41) is 7.26. The smallest absolute Gasteiger partial charge is 0.217 e. The molecule has 2 saturated carbocycles. The van der Waals surface area contributed by atoms with Crippen LogP contribution in [0.15, 0.2) is 0 Å². The molecule has 0 bridgehead atoms. The lowest BCUT2D eigenvalue weighted by Crippen LogP contribution is -2.32. The third-order valence-corrected chi connectivity index (χ3v) is 7.58. The number of rotatable bonds is 5. The summed E-state index contributed by atoms with van der Waals surface area (Å²) >= 11 is 0. The van der Waals surface area contributed by atoms with E-state index in [4.69, 9.17) is 0 Å². The zero-order valence-corrected chi connectivity index (χ0v) is 14.0. The van der Waals surface area contributed by atoms with Crippen LogP contribution in [0.1, 0.15) is 63.0 Å². The minimum atomic E-state index is -3.08. The van der Waals surface area contributed by atoms with Gasteiger partial charge in [0.05, 0.1) is 5.25 Å². The first-order valence-electron chi connectivity index (χ1n) is 8.38. The summed E-state index contributed by atoms with van der Waals surface area (Å²) in [6, 6.07) is 0. The first kappa shape index (κ1) is 14.6. The van der Waals surface area contributed by atoms with Gasteiger partial charge in [0, 0.05) is 24.9 Å². The van der Waals surface area contributed by atoms with Crippen LogP contribution in [0.2, 0.25) is 0 Å². The van der Waals surface area contributed by atoms with Gasteiger partial charge in [0.2, 0.25) is 10.0 Å². The van der Waals surface area contributed by atoms with E-state index in [1.54, 1.807) is 4.31 Å². The fourth-order valence-electron chi connectivity index (χ4n) is 3.58. The first-order valence-corrected chi connectivity index (χ1v) is 9.88. The van der Waals surface area contributed by atoms with Gasteiger partial charge in [-0.25, -0.2) is 17.7 Å². The number of aromatic nitrogens is 3. The van der Waals surface area contributed by atoms with Gasteiger partial charge in [-0.3, -0.25) is 5.10 Å². The zero-order valence-electron chi connectivity index (χ0n) is 13.2. The van der Waals surface area contributed by atoms with Gasteiger partial charge < -0.3 is 0 Å². The molecule has 1 aliphatic heterocycles. The highest BCUT2D eigenvalue weighted by Crippen LogP contribution is 2.48. The molecule has 0 unspecified atom stereocenters. The van der Waals surface area contributed by atoms with Gasteiger partial charge in [0.15, 0.2) is 5.82 Å². The quantitative estimate of drug-likeness (QED) is 0.896. The Labute approximate surface area is 131 Å². The molecule has 6 nitrogen and oxygen atoms in total. The van der Waals surface area contributed by atoms with E-state index in [0.29, 0.717) is 24.9 Å². The van der Waals surface area contributed by atoms with Crippen LogP contribution in [-0.4, -0.2) is 46.2 Å². The minimum absolute atomic E-state index is 0.118. The fraction of sp³-hybridized carbons (Fsp3) is 0.867. The minimum Gasteiger partial charge on any atom is -0.263 e. The van der Waals surface area contributed by atoms with E-state index >= 15 is 0 Å². The lowest BCUT2D eigenvalue weighted by molar-refractivity contribution is 0.423. The Bertz CT molecular complexity index is 661. The highest BCUT2D eigenvalue weighted by atomic mass is 32.2. The molecule has 2 heterocycles. The number of hydrogen-bond acceptors (Lipinski definition) is 4. The largest absolute Gasteiger partial charge is 0.263 e. The summed E-state index contributed by atoms with van der Waals surface area (Å²) < 4.78 is 26.8. The Hall–Kier alpha value is -0.950. The van der Waals surface area contributed by atoms with E-state index in [-0.39, 0.29) is 17.1 Å². The number of sulfonamides is 1. The monoisotopic (exact) mass is 324 g/mol. The van der Waals surface area contributed by atoms with Crippen molar-refractivity contribution in [1.82, 2.24) is 19.5 Å². The Morgan fingerprint density at radius 2 is 1.91 bits per heavy atom. The van der Waals surface area contributed by atoms with Crippen LogP contribution in [0, 0.1) is 11.8 Å². The van der Waals surface area contributed by atoms with Crippen LogP contribution in [-0.2, 0) is 10.0 Å². The molecule has 1 saturated heterocycles. The normalized spacial score (nSPS) is 30.3. The molecule has 1 aromatic rings. The van der Waals surface area contributed by atoms with Crippen molar-refractivity contribution in [2.24, 2.45) is 11.8 Å². The maximum absolute atomic E-state index is 12.6. The SMILES string of the molecule is CC(C)c1n[nH]c([C@@H]2CN(S(=O)(=O)C3CC3)C[C@H]2C2CC2)n1. The van der Waals surface area contributed by atoms with Crippen molar-refractivity contribution in [3.63, 3.8) is 0 Å². The standard InChI is InChI=1S/C15H24N4O2S/c1-9(2)14-16-15(18-17-14)13-8-19(7-12(13)10-3-4-10)22(20,21)11-5-6-11/h9-13H,3-8H2,1-2H3,(H,16,17,18)/t12-,13+/m0/s1. The number of H-pyrrole nitrogens is 1. The summed E-state index contributed by atoms with van der Waals surface area (Å²) in [5.74, 6) is 3.25. The van der Waals surface area contributed by atoms with Crippen LogP contribution in [0.4, 0.5) is 0 Å². The average Bonchev–Trinajstić information content (AvgIpc) is 3.39. The number of nitrogens with one attached hydrogen (secondary N) is 1. The summed E-state index contributed by atoms with van der Waals surface area (Å²) in [7, 11) is -3.08. The highest BCUT2D eigenvalue weighted by molar-refractivity contribution is 7.90. The summed E-state index contributed by atoms with van der Waals surface area (Å²) in [5.41, 5.74) is 0. The summed E-state index contributed by atoms with van der Waals surface area (Å²) in [6.45, 7) is 5.40. The Balaban J connectivity index is 1.59. The first-order chi connectivity index (χ1) is 10.5. The van der Waals surface area contributed by atoms with E-state index in [1.807, 2.05) is 0 Å². The number of nitrogens with zero attached hydrogens (tertiary/aromatic N) is 3. The molecule has 2 atom stereocenters. The molecule has 0 radical (unpaired) electrons. The van der Waals surface area contributed by atoms with E-state index in [1.165, 1.54) is 12.8 Å². The van der Waals surface area contributed by atoms with E-state index < -0.39 is 10.0 Å². The van der Waals surface area contributed by atoms with Crippen molar-refractivity contribution in [2.45, 2.75) is 56.6 Å². The highest BCUT2D eigenvalue weighted by Gasteiger charge is 2.50. The number of hydrogen-bond donors (Lipinski definition) is 1. The van der Waals surface area contributed by atoms with E-state index in [0.717, 1.165) is 24.5 Å². The molecule has 7 heteroatoms. The topological polar surface area (TPSA) is 79.0 Å². The van der Waals surface area contributed by atoms with E-state index in [9.17, 15) is 8.42 Å². The van der Waals surface area contributed by atoms with Gasteiger partial charge in [0.25, 0.3) is 0 Å². The average molecular weight is 324 g/mol. The second-order valence-corrected chi connectivity index (χ2v) is 9.62. The summed E-state index contributed by atoms with van der Waals surface area (Å²) in [6.07, 6.45) is 4.11. The maximum Gasteiger partial charge on any atom is 0.217 e. The van der Waals surface area contributed by atoms with Crippen LogP contribution in [0.3, 0.4) is 0 Å². The lowest BCUT2D eigenvalue weighted by Gasteiger charge is -2.15. The van der Waals surface area contributed by atoms with Crippen molar-refractivity contribution in [3.05, 3.63) is 11.6 Å². The molecule has 122 valence electrons. The van der Waals surface area contributed by atoms with Gasteiger partial charge >= 0.3 is 0 Å².